The normalized spacial score (nSPS) is 10.9. The number of nitrogens with two attached hydrogens (primary N) is 2. The lowest BCUT2D eigenvalue weighted by Crippen LogP contribution is -2.25. The lowest BCUT2D eigenvalue weighted by Gasteiger charge is -2.12. The van der Waals surface area contributed by atoms with Crippen LogP contribution in [0.2, 0.25) is 0 Å². The van der Waals surface area contributed by atoms with E-state index in [-0.39, 0.29) is 11.7 Å². The average molecular weight is 261 g/mol. The molecule has 0 aliphatic heterocycles. The Kier molecular flexibility index (Phi) is 4.51. The molecule has 0 saturated carbocycles. The standard InChI is InChI=1S/C10H14BrFN2/c11-9-1-2-10(12)8(4-9)3-7(5-13)6-14/h1-2,4,7H,3,5-6,13-14H2. The second-order valence-electron chi connectivity index (χ2n) is 3.28. The first-order valence-corrected chi connectivity index (χ1v) is 5.30. The summed E-state index contributed by atoms with van der Waals surface area (Å²) < 4.78 is 14.2. The van der Waals surface area contributed by atoms with E-state index in [4.69, 9.17) is 11.5 Å². The summed E-state index contributed by atoms with van der Waals surface area (Å²) in [4.78, 5) is 0. The Balaban J connectivity index is 2.79. The summed E-state index contributed by atoms with van der Waals surface area (Å²) in [7, 11) is 0. The van der Waals surface area contributed by atoms with E-state index >= 15 is 0 Å². The molecule has 0 aromatic heterocycles. The summed E-state index contributed by atoms with van der Waals surface area (Å²) in [6.07, 6.45) is 0.596. The van der Waals surface area contributed by atoms with Crippen LogP contribution in [0.5, 0.6) is 0 Å². The Bertz CT molecular complexity index is 300. The fourth-order valence-corrected chi connectivity index (χ4v) is 1.68. The summed E-state index contributed by atoms with van der Waals surface area (Å²) >= 11 is 3.30. The Hall–Kier alpha value is -0.450. The molecule has 0 unspecified atom stereocenters. The van der Waals surface area contributed by atoms with Crippen LogP contribution in [0.15, 0.2) is 22.7 Å². The molecule has 0 heterocycles. The second kappa shape index (κ2) is 5.44. The molecule has 0 spiro atoms. The van der Waals surface area contributed by atoms with Gasteiger partial charge in [0.2, 0.25) is 0 Å². The predicted molar refractivity (Wildman–Crippen MR) is 59.4 cm³/mol. The third kappa shape index (κ3) is 3.04. The molecule has 1 rings (SSSR count). The fraction of sp³-hybridized carbons (Fsp3) is 0.400. The van der Waals surface area contributed by atoms with Crippen molar-refractivity contribution in [2.45, 2.75) is 6.42 Å². The van der Waals surface area contributed by atoms with E-state index in [1.54, 1.807) is 12.1 Å². The molecule has 4 heteroatoms. The van der Waals surface area contributed by atoms with Gasteiger partial charge >= 0.3 is 0 Å². The fourth-order valence-electron chi connectivity index (χ4n) is 1.27. The minimum absolute atomic E-state index is 0.152. The maximum absolute atomic E-state index is 13.3. The molecule has 0 bridgehead atoms. The number of hydrogen-bond acceptors (Lipinski definition) is 2. The molecular formula is C10H14BrFN2. The molecule has 1 aromatic rings. The lowest BCUT2D eigenvalue weighted by molar-refractivity contribution is 0.523. The highest BCUT2D eigenvalue weighted by Gasteiger charge is 2.09. The first kappa shape index (κ1) is 11.6. The van der Waals surface area contributed by atoms with E-state index in [9.17, 15) is 4.39 Å². The van der Waals surface area contributed by atoms with Crippen molar-refractivity contribution in [1.29, 1.82) is 0 Å². The summed E-state index contributed by atoms with van der Waals surface area (Å²) in [5.74, 6) is -0.0427. The number of rotatable bonds is 4. The van der Waals surface area contributed by atoms with Gasteiger partial charge in [-0.1, -0.05) is 15.9 Å². The molecule has 1 aromatic carbocycles. The number of hydrogen-bond donors (Lipinski definition) is 2. The minimum Gasteiger partial charge on any atom is -0.330 e. The van der Waals surface area contributed by atoms with E-state index in [0.717, 1.165) is 4.47 Å². The van der Waals surface area contributed by atoms with E-state index in [1.165, 1.54) is 6.07 Å². The molecule has 0 fully saturated rings. The Morgan fingerprint density at radius 3 is 2.50 bits per heavy atom. The largest absolute Gasteiger partial charge is 0.330 e. The van der Waals surface area contributed by atoms with Crippen LogP contribution in [0.4, 0.5) is 4.39 Å². The van der Waals surface area contributed by atoms with Crippen LogP contribution in [-0.2, 0) is 6.42 Å². The predicted octanol–water partition coefficient (Wildman–Crippen LogP) is 1.66. The molecule has 0 aliphatic rings. The van der Waals surface area contributed by atoms with Crippen molar-refractivity contribution < 1.29 is 4.39 Å². The molecule has 0 aliphatic carbocycles. The van der Waals surface area contributed by atoms with Gasteiger partial charge in [-0.25, -0.2) is 4.39 Å². The quantitative estimate of drug-likeness (QED) is 0.866. The van der Waals surface area contributed by atoms with Crippen molar-refractivity contribution >= 4 is 15.9 Å². The van der Waals surface area contributed by atoms with E-state index in [1.807, 2.05) is 0 Å². The van der Waals surface area contributed by atoms with Crippen molar-refractivity contribution in [2.75, 3.05) is 13.1 Å². The number of halogens is 2. The zero-order chi connectivity index (χ0) is 10.6. The molecule has 0 radical (unpaired) electrons. The maximum atomic E-state index is 13.3. The van der Waals surface area contributed by atoms with E-state index in [0.29, 0.717) is 25.1 Å². The van der Waals surface area contributed by atoms with Gasteiger partial charge in [0.1, 0.15) is 5.82 Å². The molecular weight excluding hydrogens is 247 g/mol. The Morgan fingerprint density at radius 2 is 1.93 bits per heavy atom. The van der Waals surface area contributed by atoms with Crippen LogP contribution in [0.3, 0.4) is 0 Å². The van der Waals surface area contributed by atoms with Crippen LogP contribution < -0.4 is 11.5 Å². The van der Waals surface area contributed by atoms with E-state index in [2.05, 4.69) is 15.9 Å². The Morgan fingerprint density at radius 1 is 1.29 bits per heavy atom. The third-order valence-electron chi connectivity index (χ3n) is 2.18. The smallest absolute Gasteiger partial charge is 0.126 e. The molecule has 4 N–H and O–H groups in total. The maximum Gasteiger partial charge on any atom is 0.126 e. The molecule has 14 heavy (non-hydrogen) atoms. The van der Waals surface area contributed by atoms with Gasteiger partial charge in [0, 0.05) is 4.47 Å². The van der Waals surface area contributed by atoms with Crippen molar-refractivity contribution in [1.82, 2.24) is 0 Å². The molecule has 78 valence electrons. The average Bonchev–Trinajstić information content (AvgIpc) is 2.19. The van der Waals surface area contributed by atoms with Crippen LogP contribution in [0.1, 0.15) is 5.56 Å². The van der Waals surface area contributed by atoms with Crippen molar-refractivity contribution in [3.05, 3.63) is 34.1 Å². The van der Waals surface area contributed by atoms with Crippen molar-refractivity contribution in [2.24, 2.45) is 17.4 Å². The van der Waals surface area contributed by atoms with Gasteiger partial charge in [0.05, 0.1) is 0 Å². The molecule has 0 atom stereocenters. The van der Waals surface area contributed by atoms with E-state index < -0.39 is 0 Å². The third-order valence-corrected chi connectivity index (χ3v) is 2.68. The molecule has 0 saturated heterocycles. The highest BCUT2D eigenvalue weighted by atomic mass is 79.9. The first-order chi connectivity index (χ1) is 6.67. The zero-order valence-electron chi connectivity index (χ0n) is 7.84. The van der Waals surface area contributed by atoms with Gasteiger partial charge in [-0.2, -0.15) is 0 Å². The van der Waals surface area contributed by atoms with Crippen molar-refractivity contribution in [3.63, 3.8) is 0 Å². The van der Waals surface area contributed by atoms with Gasteiger partial charge in [-0.05, 0) is 49.2 Å². The second-order valence-corrected chi connectivity index (χ2v) is 4.19. The highest BCUT2D eigenvalue weighted by molar-refractivity contribution is 9.10. The Labute approximate surface area is 91.6 Å². The van der Waals surface area contributed by atoms with Gasteiger partial charge in [-0.3, -0.25) is 0 Å². The monoisotopic (exact) mass is 260 g/mol. The van der Waals surface area contributed by atoms with Crippen LogP contribution in [0, 0.1) is 11.7 Å². The van der Waals surface area contributed by atoms with Crippen LogP contribution in [0.25, 0.3) is 0 Å². The first-order valence-electron chi connectivity index (χ1n) is 4.51. The molecule has 0 amide bonds. The summed E-state index contributed by atoms with van der Waals surface area (Å²) in [6, 6.07) is 4.90. The summed E-state index contributed by atoms with van der Waals surface area (Å²) in [6.45, 7) is 0.977. The number of benzene rings is 1. The topological polar surface area (TPSA) is 52.0 Å². The summed E-state index contributed by atoms with van der Waals surface area (Å²) in [5, 5.41) is 0. The van der Waals surface area contributed by atoms with Crippen molar-refractivity contribution in [3.8, 4) is 0 Å². The zero-order valence-corrected chi connectivity index (χ0v) is 9.43. The SMILES string of the molecule is NCC(CN)Cc1cc(Br)ccc1F. The molecule has 2 nitrogen and oxygen atoms in total. The highest BCUT2D eigenvalue weighted by Crippen LogP contribution is 2.18. The lowest BCUT2D eigenvalue weighted by atomic mass is 9.99. The minimum atomic E-state index is -0.194. The van der Waals surface area contributed by atoms with Gasteiger partial charge in [0.25, 0.3) is 0 Å². The van der Waals surface area contributed by atoms with Gasteiger partial charge < -0.3 is 11.5 Å². The van der Waals surface area contributed by atoms with Crippen LogP contribution >= 0.6 is 15.9 Å². The van der Waals surface area contributed by atoms with Gasteiger partial charge in [-0.15, -0.1) is 0 Å². The summed E-state index contributed by atoms with van der Waals surface area (Å²) in [5.41, 5.74) is 11.7. The van der Waals surface area contributed by atoms with Gasteiger partial charge in [0.15, 0.2) is 0 Å². The van der Waals surface area contributed by atoms with Crippen LogP contribution in [-0.4, -0.2) is 13.1 Å².